The molecule has 0 saturated carbocycles. The van der Waals surface area contributed by atoms with Crippen LogP contribution in [0.25, 0.3) is 0 Å². The summed E-state index contributed by atoms with van der Waals surface area (Å²) < 4.78 is 0. The summed E-state index contributed by atoms with van der Waals surface area (Å²) >= 11 is 1.77. The summed E-state index contributed by atoms with van der Waals surface area (Å²) in [6, 6.07) is 0. The zero-order valence-corrected chi connectivity index (χ0v) is 11.3. The molecular formula is C12H18N2O2S. The second-order valence-corrected chi connectivity index (χ2v) is 5.20. The molecule has 0 radical (unpaired) electrons. The van der Waals surface area contributed by atoms with Crippen molar-refractivity contribution in [3.63, 3.8) is 0 Å². The summed E-state index contributed by atoms with van der Waals surface area (Å²) in [7, 11) is 0. The van der Waals surface area contributed by atoms with E-state index in [-0.39, 0.29) is 11.5 Å². The molecule has 0 atom stereocenters. The van der Waals surface area contributed by atoms with Crippen LogP contribution in [0.5, 0.6) is 0 Å². The Labute approximate surface area is 106 Å². The maximum absolute atomic E-state index is 11.0. The van der Waals surface area contributed by atoms with Crippen molar-refractivity contribution in [2.24, 2.45) is 0 Å². The van der Waals surface area contributed by atoms with Crippen LogP contribution in [0.15, 0.2) is 6.20 Å². The number of carboxylic acid groups (broad SMARTS) is 1. The highest BCUT2D eigenvalue weighted by atomic mass is 32.2. The zero-order valence-electron chi connectivity index (χ0n) is 10.4. The molecule has 5 heteroatoms. The fourth-order valence-corrected chi connectivity index (χ4v) is 2.17. The largest absolute Gasteiger partial charge is 0.478 e. The molecule has 0 spiro atoms. The van der Waals surface area contributed by atoms with Crippen LogP contribution in [0, 0.1) is 0 Å². The molecule has 0 fully saturated rings. The van der Waals surface area contributed by atoms with Gasteiger partial charge in [0.05, 0.1) is 17.0 Å². The predicted molar refractivity (Wildman–Crippen MR) is 69.5 cm³/mol. The van der Waals surface area contributed by atoms with E-state index >= 15 is 0 Å². The average molecular weight is 254 g/mol. The Morgan fingerprint density at radius 2 is 2.24 bits per heavy atom. The van der Waals surface area contributed by atoms with Crippen LogP contribution in [0.1, 0.15) is 55.0 Å². The Balaban J connectivity index is 2.90. The van der Waals surface area contributed by atoms with Crippen molar-refractivity contribution in [3.8, 4) is 0 Å². The van der Waals surface area contributed by atoms with Crippen molar-refractivity contribution in [3.05, 3.63) is 23.3 Å². The number of aromatic carboxylic acids is 1. The maximum Gasteiger partial charge on any atom is 0.339 e. The Morgan fingerprint density at radius 3 is 2.76 bits per heavy atom. The first kappa shape index (κ1) is 14.0. The van der Waals surface area contributed by atoms with Gasteiger partial charge in [-0.3, -0.25) is 0 Å². The highest BCUT2D eigenvalue weighted by molar-refractivity contribution is 7.98. The molecule has 0 aliphatic carbocycles. The van der Waals surface area contributed by atoms with Crippen LogP contribution in [-0.4, -0.2) is 26.8 Å². The highest BCUT2D eigenvalue weighted by Gasteiger charge is 2.15. The summed E-state index contributed by atoms with van der Waals surface area (Å²) in [6.07, 6.45) is 2.54. The lowest BCUT2D eigenvalue weighted by Gasteiger charge is -2.09. The lowest BCUT2D eigenvalue weighted by atomic mass is 10.1. The van der Waals surface area contributed by atoms with Crippen molar-refractivity contribution in [2.45, 2.75) is 38.9 Å². The summed E-state index contributed by atoms with van der Waals surface area (Å²) in [6.45, 7) is 6.01. The number of thioether (sulfide) groups is 1. The molecule has 1 heterocycles. The third kappa shape index (κ3) is 4.00. The fraction of sp³-hybridized carbons (Fsp3) is 0.583. The number of hydrogen-bond acceptors (Lipinski definition) is 4. The van der Waals surface area contributed by atoms with Crippen molar-refractivity contribution in [1.82, 2.24) is 9.97 Å². The monoisotopic (exact) mass is 254 g/mol. The van der Waals surface area contributed by atoms with Gasteiger partial charge in [-0.15, -0.1) is 0 Å². The third-order valence-corrected chi connectivity index (χ3v) is 3.38. The van der Waals surface area contributed by atoms with Crippen LogP contribution in [0.2, 0.25) is 0 Å². The van der Waals surface area contributed by atoms with Crippen LogP contribution in [-0.2, 0) is 5.75 Å². The molecule has 0 aliphatic heterocycles. The topological polar surface area (TPSA) is 63.1 Å². The van der Waals surface area contributed by atoms with Crippen molar-refractivity contribution in [2.75, 3.05) is 5.75 Å². The average Bonchev–Trinajstić information content (AvgIpc) is 2.29. The second kappa shape index (κ2) is 6.59. The molecule has 0 amide bonds. The fourth-order valence-electron chi connectivity index (χ4n) is 1.42. The SMILES string of the molecule is CCCSCc1ncc(C(=O)O)c(C(C)C)n1. The molecular weight excluding hydrogens is 236 g/mol. The molecule has 0 unspecified atom stereocenters. The standard InChI is InChI=1S/C12H18N2O2S/c1-4-5-17-7-10-13-6-9(12(15)16)11(14-10)8(2)3/h6,8H,4-5,7H2,1-3H3,(H,15,16). The summed E-state index contributed by atoms with van der Waals surface area (Å²) in [5, 5.41) is 9.03. The van der Waals surface area contributed by atoms with Crippen molar-refractivity contribution in [1.29, 1.82) is 0 Å². The van der Waals surface area contributed by atoms with Gasteiger partial charge in [0, 0.05) is 6.20 Å². The highest BCUT2D eigenvalue weighted by Crippen LogP contribution is 2.18. The lowest BCUT2D eigenvalue weighted by Crippen LogP contribution is -2.10. The van der Waals surface area contributed by atoms with Gasteiger partial charge < -0.3 is 5.11 Å². The molecule has 1 aromatic rings. The molecule has 0 aliphatic rings. The Hall–Kier alpha value is -1.10. The number of rotatable bonds is 6. The first-order valence-corrected chi connectivity index (χ1v) is 6.88. The van der Waals surface area contributed by atoms with Crippen LogP contribution in [0.4, 0.5) is 0 Å². The van der Waals surface area contributed by atoms with Gasteiger partial charge in [0.15, 0.2) is 0 Å². The summed E-state index contributed by atoms with van der Waals surface area (Å²) in [5.74, 6) is 1.67. The van der Waals surface area contributed by atoms with Gasteiger partial charge in [0.25, 0.3) is 0 Å². The number of aromatic nitrogens is 2. The number of carboxylic acids is 1. The van der Waals surface area contributed by atoms with Gasteiger partial charge in [-0.05, 0) is 18.1 Å². The Bertz CT molecular complexity index is 394. The van der Waals surface area contributed by atoms with Gasteiger partial charge in [-0.2, -0.15) is 11.8 Å². The molecule has 4 nitrogen and oxygen atoms in total. The van der Waals surface area contributed by atoms with E-state index in [1.54, 1.807) is 11.8 Å². The predicted octanol–water partition coefficient (Wildman–Crippen LogP) is 2.94. The van der Waals surface area contributed by atoms with E-state index in [2.05, 4.69) is 16.9 Å². The smallest absolute Gasteiger partial charge is 0.339 e. The minimum absolute atomic E-state index is 0.0963. The molecule has 0 bridgehead atoms. The van der Waals surface area contributed by atoms with E-state index in [1.807, 2.05) is 13.8 Å². The number of carbonyl (C=O) groups is 1. The molecule has 0 aromatic carbocycles. The summed E-state index contributed by atoms with van der Waals surface area (Å²) in [5.41, 5.74) is 0.837. The van der Waals surface area contributed by atoms with Gasteiger partial charge in [-0.1, -0.05) is 20.8 Å². The van der Waals surface area contributed by atoms with E-state index in [0.29, 0.717) is 5.69 Å². The van der Waals surface area contributed by atoms with E-state index in [4.69, 9.17) is 5.11 Å². The molecule has 1 aromatic heterocycles. The minimum atomic E-state index is -0.957. The van der Waals surface area contributed by atoms with Gasteiger partial charge in [0.2, 0.25) is 0 Å². The van der Waals surface area contributed by atoms with Gasteiger partial charge >= 0.3 is 5.97 Å². The van der Waals surface area contributed by atoms with Crippen LogP contribution in [0.3, 0.4) is 0 Å². The van der Waals surface area contributed by atoms with Gasteiger partial charge in [0.1, 0.15) is 5.82 Å². The molecule has 0 saturated heterocycles. The molecule has 1 N–H and O–H groups in total. The Morgan fingerprint density at radius 1 is 1.53 bits per heavy atom. The van der Waals surface area contributed by atoms with Crippen molar-refractivity contribution < 1.29 is 9.90 Å². The van der Waals surface area contributed by atoms with Crippen molar-refractivity contribution >= 4 is 17.7 Å². The van der Waals surface area contributed by atoms with Crippen LogP contribution >= 0.6 is 11.8 Å². The van der Waals surface area contributed by atoms with E-state index in [0.717, 1.165) is 23.8 Å². The van der Waals surface area contributed by atoms with Gasteiger partial charge in [-0.25, -0.2) is 14.8 Å². The molecule has 94 valence electrons. The quantitative estimate of drug-likeness (QED) is 0.791. The molecule has 1 rings (SSSR count). The molecule has 17 heavy (non-hydrogen) atoms. The third-order valence-electron chi connectivity index (χ3n) is 2.23. The number of hydrogen-bond donors (Lipinski definition) is 1. The second-order valence-electron chi connectivity index (χ2n) is 4.10. The summed E-state index contributed by atoms with van der Waals surface area (Å²) in [4.78, 5) is 19.5. The van der Waals surface area contributed by atoms with E-state index in [9.17, 15) is 4.79 Å². The normalized spacial score (nSPS) is 10.8. The van der Waals surface area contributed by atoms with E-state index < -0.39 is 5.97 Å². The Kier molecular flexibility index (Phi) is 5.41. The lowest BCUT2D eigenvalue weighted by molar-refractivity contribution is 0.0694. The zero-order chi connectivity index (χ0) is 12.8. The van der Waals surface area contributed by atoms with Crippen LogP contribution < -0.4 is 0 Å². The first-order chi connectivity index (χ1) is 8.06. The number of nitrogens with zero attached hydrogens (tertiary/aromatic N) is 2. The minimum Gasteiger partial charge on any atom is -0.478 e. The van der Waals surface area contributed by atoms with E-state index in [1.165, 1.54) is 6.20 Å². The first-order valence-electron chi connectivity index (χ1n) is 5.73. The maximum atomic E-state index is 11.0.